The monoisotopic (exact) mass is 606 g/mol. The Bertz CT molecular complexity index is 1490. The van der Waals surface area contributed by atoms with E-state index in [1.54, 1.807) is 36.1 Å². The number of carbonyl (C=O) groups excluding carboxylic acids is 2. The fourth-order valence-electron chi connectivity index (χ4n) is 5.59. The first-order valence-electron chi connectivity index (χ1n) is 13.6. The molecule has 0 spiro atoms. The molecular formula is C29H30ClF3N4O5. The van der Waals surface area contributed by atoms with Crippen LogP contribution in [0.5, 0.6) is 5.75 Å². The molecule has 3 aromatic rings. The lowest BCUT2D eigenvalue weighted by molar-refractivity contribution is -0.151. The van der Waals surface area contributed by atoms with Crippen molar-refractivity contribution in [2.45, 2.75) is 51.5 Å². The fraction of sp³-hybridized carbons (Fsp3) is 0.448. The third kappa shape index (κ3) is 5.69. The lowest BCUT2D eigenvalue weighted by Gasteiger charge is -2.32. The number of amides is 1. The zero-order valence-corrected chi connectivity index (χ0v) is 24.0. The average molecular weight is 607 g/mol. The van der Waals surface area contributed by atoms with Crippen LogP contribution in [-0.4, -0.2) is 58.3 Å². The van der Waals surface area contributed by atoms with Gasteiger partial charge in [-0.2, -0.15) is 13.2 Å². The van der Waals surface area contributed by atoms with Crippen molar-refractivity contribution in [2.75, 3.05) is 26.8 Å². The SMILES string of the molecule is CCOC(=O)C1CCN(C(=O)C[C@H]2O[C@H](c3cccc(OC)c3C)c3cc(Cl)ccc3-n3c2nnc3C(F)(F)F)CC1. The zero-order chi connectivity index (χ0) is 30.2. The van der Waals surface area contributed by atoms with Crippen molar-refractivity contribution >= 4 is 23.5 Å². The van der Waals surface area contributed by atoms with Gasteiger partial charge in [0.25, 0.3) is 0 Å². The van der Waals surface area contributed by atoms with E-state index in [4.69, 9.17) is 25.8 Å². The molecule has 42 heavy (non-hydrogen) atoms. The molecule has 1 aromatic heterocycles. The van der Waals surface area contributed by atoms with Crippen LogP contribution in [-0.2, 0) is 25.2 Å². The van der Waals surface area contributed by atoms with Crippen LogP contribution in [0.1, 0.15) is 66.7 Å². The van der Waals surface area contributed by atoms with Gasteiger partial charge in [-0.1, -0.05) is 23.7 Å². The summed E-state index contributed by atoms with van der Waals surface area (Å²) in [6.45, 7) is 4.45. The number of methoxy groups -OCH3 is 1. The second-order valence-corrected chi connectivity index (χ2v) is 10.6. The molecule has 1 saturated heterocycles. The predicted molar refractivity (Wildman–Crippen MR) is 145 cm³/mol. The molecule has 2 aliphatic rings. The van der Waals surface area contributed by atoms with Gasteiger partial charge in [-0.3, -0.25) is 14.2 Å². The summed E-state index contributed by atoms with van der Waals surface area (Å²) in [4.78, 5) is 27.3. The van der Waals surface area contributed by atoms with E-state index in [2.05, 4.69) is 10.2 Å². The molecule has 9 nitrogen and oxygen atoms in total. The average Bonchev–Trinajstić information content (AvgIpc) is 3.37. The lowest BCUT2D eigenvalue weighted by atomic mass is 9.95. The molecule has 3 heterocycles. The Kier molecular flexibility index (Phi) is 8.47. The van der Waals surface area contributed by atoms with Gasteiger partial charge in [0.1, 0.15) is 18.0 Å². The maximum atomic E-state index is 14.2. The van der Waals surface area contributed by atoms with Gasteiger partial charge >= 0.3 is 12.1 Å². The van der Waals surface area contributed by atoms with Crippen LogP contribution in [0.25, 0.3) is 5.69 Å². The molecule has 0 aliphatic carbocycles. The van der Waals surface area contributed by atoms with Gasteiger partial charge in [-0.25, -0.2) is 0 Å². The van der Waals surface area contributed by atoms with E-state index < -0.39 is 24.2 Å². The quantitative estimate of drug-likeness (QED) is 0.337. The molecule has 2 aliphatic heterocycles. The number of benzene rings is 2. The molecule has 2 atom stereocenters. The van der Waals surface area contributed by atoms with Gasteiger partial charge in [-0.15, -0.1) is 10.2 Å². The standard InChI is InChI=1S/C29H30ClF3N4O5/c1-4-41-27(39)17-10-12-36(13-11-17)24(38)15-23-26-34-35-28(29(31,32)33)37(26)21-9-8-18(30)14-20(21)25(42-23)19-6-5-7-22(40-3)16(19)2/h5-9,14,17,23,25H,4,10-13,15H2,1-3H3/t23-,25-/m1/s1. The minimum Gasteiger partial charge on any atom is -0.496 e. The maximum Gasteiger partial charge on any atom is 0.452 e. The highest BCUT2D eigenvalue weighted by Gasteiger charge is 2.44. The number of esters is 1. The molecule has 0 unspecified atom stereocenters. The summed E-state index contributed by atoms with van der Waals surface area (Å²) < 4.78 is 60.7. The number of piperidine rings is 1. The highest BCUT2D eigenvalue weighted by molar-refractivity contribution is 6.30. The lowest BCUT2D eigenvalue weighted by Crippen LogP contribution is -2.41. The van der Waals surface area contributed by atoms with E-state index in [-0.39, 0.29) is 42.3 Å². The third-order valence-corrected chi connectivity index (χ3v) is 7.93. The second-order valence-electron chi connectivity index (χ2n) is 10.2. The van der Waals surface area contributed by atoms with Crippen molar-refractivity contribution in [2.24, 2.45) is 5.92 Å². The Labute approximate surface area is 245 Å². The van der Waals surface area contributed by atoms with E-state index in [1.165, 1.54) is 19.2 Å². The molecule has 0 bridgehead atoms. The van der Waals surface area contributed by atoms with Gasteiger partial charge in [-0.05, 0) is 62.1 Å². The minimum absolute atomic E-state index is 0.143. The molecule has 0 N–H and O–H groups in total. The highest BCUT2D eigenvalue weighted by atomic mass is 35.5. The molecule has 0 radical (unpaired) electrons. The van der Waals surface area contributed by atoms with Gasteiger partial charge in [0.2, 0.25) is 11.7 Å². The summed E-state index contributed by atoms with van der Waals surface area (Å²) in [5.41, 5.74) is 1.85. The number of fused-ring (bicyclic) bond motifs is 3. The molecule has 1 fully saturated rings. The third-order valence-electron chi connectivity index (χ3n) is 7.70. The summed E-state index contributed by atoms with van der Waals surface area (Å²) >= 11 is 6.35. The van der Waals surface area contributed by atoms with Gasteiger partial charge in [0, 0.05) is 23.7 Å². The van der Waals surface area contributed by atoms with Crippen LogP contribution in [0.4, 0.5) is 13.2 Å². The molecular weight excluding hydrogens is 577 g/mol. The zero-order valence-electron chi connectivity index (χ0n) is 23.3. The Balaban J connectivity index is 1.55. The number of nitrogens with zero attached hydrogens (tertiary/aromatic N) is 4. The van der Waals surface area contributed by atoms with E-state index in [1.807, 2.05) is 6.92 Å². The Hall–Kier alpha value is -3.64. The summed E-state index contributed by atoms with van der Waals surface area (Å²) in [5, 5.41) is 7.67. The van der Waals surface area contributed by atoms with Crippen molar-refractivity contribution in [3.8, 4) is 11.4 Å². The van der Waals surface area contributed by atoms with Crippen molar-refractivity contribution in [1.29, 1.82) is 0 Å². The number of rotatable bonds is 6. The van der Waals surface area contributed by atoms with E-state index in [0.717, 1.165) is 10.1 Å². The summed E-state index contributed by atoms with van der Waals surface area (Å²) in [5.74, 6) is -1.76. The van der Waals surface area contributed by atoms with Crippen LogP contribution >= 0.6 is 11.6 Å². The summed E-state index contributed by atoms with van der Waals surface area (Å²) in [7, 11) is 1.52. The van der Waals surface area contributed by atoms with Gasteiger partial charge < -0.3 is 19.1 Å². The van der Waals surface area contributed by atoms with Gasteiger partial charge in [0.15, 0.2) is 5.82 Å². The number of alkyl halides is 3. The maximum absolute atomic E-state index is 14.2. The number of hydrogen-bond donors (Lipinski definition) is 0. The number of halogens is 4. The van der Waals surface area contributed by atoms with E-state index >= 15 is 0 Å². The summed E-state index contributed by atoms with van der Waals surface area (Å²) in [6, 6.07) is 9.83. The van der Waals surface area contributed by atoms with Crippen LogP contribution < -0.4 is 4.74 Å². The molecule has 13 heteroatoms. The van der Waals surface area contributed by atoms with Gasteiger partial charge in [0.05, 0.1) is 31.7 Å². The minimum atomic E-state index is -4.84. The molecule has 1 amide bonds. The number of ether oxygens (including phenoxy) is 3. The molecule has 0 saturated carbocycles. The number of carbonyl (C=O) groups is 2. The first-order valence-corrected chi connectivity index (χ1v) is 14.0. The predicted octanol–water partition coefficient (Wildman–Crippen LogP) is 5.61. The van der Waals surface area contributed by atoms with Crippen molar-refractivity contribution in [1.82, 2.24) is 19.7 Å². The highest BCUT2D eigenvalue weighted by Crippen LogP contribution is 2.45. The van der Waals surface area contributed by atoms with E-state index in [0.29, 0.717) is 47.8 Å². The Morgan fingerprint density at radius 2 is 1.86 bits per heavy atom. The topological polar surface area (TPSA) is 95.8 Å². The van der Waals surface area contributed by atoms with Crippen LogP contribution in [0, 0.1) is 12.8 Å². The first-order chi connectivity index (χ1) is 20.0. The Morgan fingerprint density at radius 3 is 2.52 bits per heavy atom. The summed E-state index contributed by atoms with van der Waals surface area (Å²) in [6.07, 6.45) is -6.37. The van der Waals surface area contributed by atoms with E-state index in [9.17, 15) is 22.8 Å². The van der Waals surface area contributed by atoms with Crippen LogP contribution in [0.2, 0.25) is 5.02 Å². The second kappa shape index (κ2) is 11.9. The van der Waals surface area contributed by atoms with Crippen molar-refractivity contribution in [3.05, 3.63) is 69.8 Å². The smallest absolute Gasteiger partial charge is 0.452 e. The molecule has 5 rings (SSSR count). The van der Waals surface area contributed by atoms with Crippen molar-refractivity contribution in [3.63, 3.8) is 0 Å². The van der Waals surface area contributed by atoms with Crippen LogP contribution in [0.3, 0.4) is 0 Å². The Morgan fingerprint density at radius 1 is 1.12 bits per heavy atom. The largest absolute Gasteiger partial charge is 0.496 e. The first kappa shape index (κ1) is 29.8. The fourth-order valence-corrected chi connectivity index (χ4v) is 5.77. The number of likely N-dealkylation sites (tertiary alicyclic amines) is 1. The molecule has 2 aromatic carbocycles. The van der Waals surface area contributed by atoms with Crippen molar-refractivity contribution < 1.29 is 37.0 Å². The van der Waals surface area contributed by atoms with Crippen LogP contribution in [0.15, 0.2) is 36.4 Å². The number of aromatic nitrogens is 3. The normalized spacial score (nSPS) is 19.1. The number of hydrogen-bond acceptors (Lipinski definition) is 7. The molecule has 224 valence electrons.